The first kappa shape index (κ1) is 7.25. The molecule has 3 heteroatoms. The highest BCUT2D eigenvalue weighted by molar-refractivity contribution is 5.96. The summed E-state index contributed by atoms with van der Waals surface area (Å²) in [4.78, 5) is 11.1. The van der Waals surface area contributed by atoms with Crippen molar-refractivity contribution in [2.75, 3.05) is 0 Å². The topological polar surface area (TPSA) is 32.7 Å². The second kappa shape index (κ2) is 2.40. The monoisotopic (exact) mass is 140 g/mol. The van der Waals surface area contributed by atoms with Gasteiger partial charge in [-0.3, -0.25) is 4.79 Å². The van der Waals surface area contributed by atoms with Gasteiger partial charge in [-0.25, -0.2) is 5.01 Å². The van der Waals surface area contributed by atoms with Crippen LogP contribution < -0.4 is 0 Å². The van der Waals surface area contributed by atoms with E-state index in [-0.39, 0.29) is 17.9 Å². The lowest BCUT2D eigenvalue weighted by Crippen LogP contribution is -2.30. The molecule has 0 radical (unpaired) electrons. The highest BCUT2D eigenvalue weighted by Gasteiger charge is 2.25. The smallest absolute Gasteiger partial charge is 0.251 e. The molecule has 0 aromatic rings. The van der Waals surface area contributed by atoms with Gasteiger partial charge in [0.15, 0.2) is 0 Å². The highest BCUT2D eigenvalue weighted by atomic mass is 16.2. The molecule has 0 N–H and O–H groups in total. The summed E-state index contributed by atoms with van der Waals surface area (Å²) in [5.41, 5.74) is 0. The van der Waals surface area contributed by atoms with Gasteiger partial charge in [0.1, 0.15) is 0 Å². The molecule has 1 aliphatic rings. The second-order valence-electron chi connectivity index (χ2n) is 2.83. The molecule has 0 aromatic heterocycles. The molecule has 3 nitrogen and oxygen atoms in total. The fraction of sp³-hybridized carbons (Fsp3) is 0.714. The van der Waals surface area contributed by atoms with Crippen LogP contribution in [0.4, 0.5) is 0 Å². The average molecular weight is 140 g/mol. The Balaban J connectivity index is 2.67. The molecule has 0 saturated carbocycles. The second-order valence-corrected chi connectivity index (χ2v) is 2.83. The highest BCUT2D eigenvalue weighted by Crippen LogP contribution is 2.11. The molecule has 0 saturated heterocycles. The van der Waals surface area contributed by atoms with Gasteiger partial charge in [0.2, 0.25) is 0 Å². The molecule has 0 bridgehead atoms. The minimum absolute atomic E-state index is 0.0256. The molecule has 56 valence electrons. The van der Waals surface area contributed by atoms with Gasteiger partial charge in [0, 0.05) is 12.3 Å². The maximum Gasteiger partial charge on any atom is 0.251 e. The molecular formula is C7H12N2O. The number of rotatable bonds is 1. The van der Waals surface area contributed by atoms with E-state index in [0.717, 1.165) is 0 Å². The van der Waals surface area contributed by atoms with E-state index in [0.29, 0.717) is 0 Å². The molecule has 1 rings (SSSR count). The zero-order valence-corrected chi connectivity index (χ0v) is 6.53. The van der Waals surface area contributed by atoms with Crippen LogP contribution in [0.2, 0.25) is 0 Å². The minimum Gasteiger partial charge on any atom is -0.272 e. The van der Waals surface area contributed by atoms with Crippen molar-refractivity contribution >= 4 is 12.1 Å². The summed E-state index contributed by atoms with van der Waals surface area (Å²) in [5, 5.41) is 5.47. The molecule has 0 aromatic carbocycles. The Morgan fingerprint density at radius 1 is 1.70 bits per heavy atom. The van der Waals surface area contributed by atoms with Gasteiger partial charge >= 0.3 is 0 Å². The maximum atomic E-state index is 11.1. The third-order valence-corrected chi connectivity index (χ3v) is 1.52. The number of carbonyl (C=O) groups is 1. The molecule has 1 amide bonds. The summed E-state index contributed by atoms with van der Waals surface area (Å²) in [6, 6.07) is 0.189. The predicted molar refractivity (Wildman–Crippen MR) is 39.6 cm³/mol. The number of amides is 1. The van der Waals surface area contributed by atoms with Crippen LogP contribution in [0.15, 0.2) is 5.10 Å². The van der Waals surface area contributed by atoms with Crippen molar-refractivity contribution in [3.63, 3.8) is 0 Å². The van der Waals surface area contributed by atoms with E-state index < -0.39 is 0 Å². The molecular weight excluding hydrogens is 128 g/mol. The van der Waals surface area contributed by atoms with Crippen molar-refractivity contribution in [2.45, 2.75) is 26.8 Å². The van der Waals surface area contributed by atoms with E-state index in [4.69, 9.17) is 0 Å². The van der Waals surface area contributed by atoms with Crippen LogP contribution in [0, 0.1) is 5.92 Å². The Morgan fingerprint density at radius 2 is 2.30 bits per heavy atom. The van der Waals surface area contributed by atoms with Gasteiger partial charge in [0.25, 0.3) is 5.91 Å². The zero-order valence-electron chi connectivity index (χ0n) is 6.53. The summed E-state index contributed by atoms with van der Waals surface area (Å²) in [7, 11) is 0. The minimum atomic E-state index is -0.0256. The van der Waals surface area contributed by atoms with Crippen LogP contribution in [-0.4, -0.2) is 23.2 Å². The lowest BCUT2D eigenvalue weighted by molar-refractivity contribution is -0.132. The largest absolute Gasteiger partial charge is 0.272 e. The van der Waals surface area contributed by atoms with Crippen molar-refractivity contribution < 1.29 is 4.79 Å². The zero-order chi connectivity index (χ0) is 7.72. The molecule has 1 heterocycles. The summed E-state index contributed by atoms with van der Waals surface area (Å²) in [6.45, 7) is 5.76. The van der Waals surface area contributed by atoms with Crippen LogP contribution in [-0.2, 0) is 4.79 Å². The Hall–Kier alpha value is -0.860. The lowest BCUT2D eigenvalue weighted by Gasteiger charge is -2.16. The number of hydrogen-bond donors (Lipinski definition) is 0. The van der Waals surface area contributed by atoms with E-state index in [1.54, 1.807) is 6.21 Å². The standard InChI is InChI=1S/C7H12N2O/c1-5(2)9-7(10)6(3)4-8-9/h4-6H,1-3H3. The number of carbonyl (C=O) groups excluding carboxylic acids is 1. The van der Waals surface area contributed by atoms with Gasteiger partial charge in [-0.2, -0.15) is 5.10 Å². The van der Waals surface area contributed by atoms with Crippen molar-refractivity contribution in [3.05, 3.63) is 0 Å². The number of hydrazone groups is 1. The van der Waals surface area contributed by atoms with Crippen LogP contribution in [0.25, 0.3) is 0 Å². The first-order chi connectivity index (χ1) is 4.63. The average Bonchev–Trinajstić information content (AvgIpc) is 2.14. The first-order valence-electron chi connectivity index (χ1n) is 3.50. The first-order valence-corrected chi connectivity index (χ1v) is 3.50. The van der Waals surface area contributed by atoms with E-state index >= 15 is 0 Å². The van der Waals surface area contributed by atoms with Crippen LogP contribution in [0.5, 0.6) is 0 Å². The summed E-state index contributed by atoms with van der Waals surface area (Å²) in [5.74, 6) is 0.0809. The van der Waals surface area contributed by atoms with Crippen LogP contribution in [0.1, 0.15) is 20.8 Å². The summed E-state index contributed by atoms with van der Waals surface area (Å²) >= 11 is 0. The fourth-order valence-corrected chi connectivity index (χ4v) is 0.889. The number of hydrogen-bond acceptors (Lipinski definition) is 2. The maximum absolute atomic E-state index is 11.1. The fourth-order valence-electron chi connectivity index (χ4n) is 0.889. The SMILES string of the molecule is CC1C=NN(C(C)C)C1=O. The lowest BCUT2D eigenvalue weighted by atomic mass is 10.2. The van der Waals surface area contributed by atoms with E-state index in [1.165, 1.54) is 5.01 Å². The molecule has 1 unspecified atom stereocenters. The Bertz CT molecular complexity index is 174. The Labute approximate surface area is 60.7 Å². The normalized spacial score (nSPS) is 25.0. The van der Waals surface area contributed by atoms with Crippen molar-refractivity contribution in [1.82, 2.24) is 5.01 Å². The Morgan fingerprint density at radius 3 is 2.50 bits per heavy atom. The molecule has 10 heavy (non-hydrogen) atoms. The van der Waals surface area contributed by atoms with E-state index in [1.807, 2.05) is 20.8 Å². The molecule has 1 atom stereocenters. The summed E-state index contributed by atoms with van der Waals surface area (Å²) < 4.78 is 0. The molecule has 0 spiro atoms. The van der Waals surface area contributed by atoms with Gasteiger partial charge in [0.05, 0.1) is 5.92 Å². The van der Waals surface area contributed by atoms with Crippen LogP contribution >= 0.6 is 0 Å². The van der Waals surface area contributed by atoms with Crippen molar-refractivity contribution in [1.29, 1.82) is 0 Å². The van der Waals surface area contributed by atoms with Gasteiger partial charge in [-0.15, -0.1) is 0 Å². The third kappa shape index (κ3) is 1.03. The predicted octanol–water partition coefficient (Wildman–Crippen LogP) is 0.859. The van der Waals surface area contributed by atoms with Gasteiger partial charge in [-0.1, -0.05) is 0 Å². The Kier molecular flexibility index (Phi) is 1.74. The van der Waals surface area contributed by atoms with Crippen molar-refractivity contribution in [2.24, 2.45) is 11.0 Å². The van der Waals surface area contributed by atoms with Gasteiger partial charge < -0.3 is 0 Å². The van der Waals surface area contributed by atoms with Crippen molar-refractivity contribution in [3.8, 4) is 0 Å². The summed E-state index contributed by atoms with van der Waals surface area (Å²) in [6.07, 6.45) is 1.68. The molecule has 0 aliphatic carbocycles. The van der Waals surface area contributed by atoms with Crippen LogP contribution in [0.3, 0.4) is 0 Å². The van der Waals surface area contributed by atoms with Gasteiger partial charge in [-0.05, 0) is 20.8 Å². The molecule has 1 aliphatic heterocycles. The van der Waals surface area contributed by atoms with E-state index in [9.17, 15) is 4.79 Å². The number of nitrogens with zero attached hydrogens (tertiary/aromatic N) is 2. The molecule has 0 fully saturated rings. The quantitative estimate of drug-likeness (QED) is 0.531. The van der Waals surface area contributed by atoms with E-state index in [2.05, 4.69) is 5.10 Å². The third-order valence-electron chi connectivity index (χ3n) is 1.52.